The van der Waals surface area contributed by atoms with Crippen LogP contribution in [0.25, 0.3) is 10.9 Å². The molecule has 1 aromatic heterocycles. The van der Waals surface area contributed by atoms with E-state index in [1.54, 1.807) is 50.3 Å². The van der Waals surface area contributed by atoms with E-state index in [1.807, 2.05) is 0 Å². The lowest BCUT2D eigenvalue weighted by molar-refractivity contribution is -0.144. The van der Waals surface area contributed by atoms with Crippen LogP contribution < -0.4 is 0 Å². The minimum Gasteiger partial charge on any atom is -0.466 e. The molecule has 0 radical (unpaired) electrons. The second-order valence-electron chi connectivity index (χ2n) is 7.53. The van der Waals surface area contributed by atoms with E-state index in [2.05, 4.69) is 0 Å². The van der Waals surface area contributed by atoms with Crippen LogP contribution in [0, 0.1) is 11.7 Å². The summed E-state index contributed by atoms with van der Waals surface area (Å²) in [7, 11) is -3.92. The number of halogens is 1. The summed E-state index contributed by atoms with van der Waals surface area (Å²) >= 11 is 0. The van der Waals surface area contributed by atoms with E-state index in [1.165, 1.54) is 12.3 Å². The molecule has 0 aliphatic heterocycles. The lowest BCUT2D eigenvalue weighted by Gasteiger charge is -2.27. The van der Waals surface area contributed by atoms with Gasteiger partial charge in [0.25, 0.3) is 0 Å². The molecule has 1 fully saturated rings. The van der Waals surface area contributed by atoms with E-state index >= 15 is 0 Å². The second kappa shape index (κ2) is 6.58. The molecule has 1 unspecified atom stereocenters. The molecule has 2 aliphatic carbocycles. The van der Waals surface area contributed by atoms with Crippen molar-refractivity contribution >= 4 is 26.9 Å². The van der Waals surface area contributed by atoms with E-state index in [4.69, 9.17) is 4.74 Å². The molecule has 148 valence electrons. The largest absolute Gasteiger partial charge is 0.466 e. The molecule has 0 saturated heterocycles. The Morgan fingerprint density at radius 2 is 2.14 bits per heavy atom. The number of nitrogens with zero attached hydrogens (tertiary/aromatic N) is 1. The van der Waals surface area contributed by atoms with Gasteiger partial charge in [0.05, 0.1) is 18.0 Å². The van der Waals surface area contributed by atoms with Crippen LogP contribution in [0.5, 0.6) is 0 Å². The first kappa shape index (κ1) is 18.9. The van der Waals surface area contributed by atoms with Gasteiger partial charge in [-0.25, -0.2) is 16.8 Å². The fourth-order valence-electron chi connectivity index (χ4n) is 3.89. The van der Waals surface area contributed by atoms with Gasteiger partial charge in [0, 0.05) is 17.5 Å². The minimum atomic E-state index is -3.92. The molecular formula is C21H22FNO4S. The zero-order chi connectivity index (χ0) is 20.1. The standard InChI is InChI=1S/C21H22FNO4S/c1-3-27-20(24)16-12-15(16)17-13-23(19-14(17)8-7-9-18(19)22)28(25,26)21(2)10-5-4-6-11-21/h4-10,13,15-16H,3,11-12H2,1-2H3/t15-,16-,21?/m1/s1. The maximum absolute atomic E-state index is 14.7. The first-order valence-corrected chi connectivity index (χ1v) is 10.8. The summed E-state index contributed by atoms with van der Waals surface area (Å²) in [5.74, 6) is -1.35. The highest BCUT2D eigenvalue weighted by atomic mass is 32.2. The number of carbonyl (C=O) groups excluding carboxylic acids is 1. The Kier molecular flexibility index (Phi) is 4.45. The van der Waals surface area contributed by atoms with Gasteiger partial charge in [-0.3, -0.25) is 4.79 Å². The molecule has 28 heavy (non-hydrogen) atoms. The van der Waals surface area contributed by atoms with E-state index in [0.717, 1.165) is 3.97 Å². The zero-order valence-electron chi connectivity index (χ0n) is 15.8. The fourth-order valence-corrected chi connectivity index (χ4v) is 5.57. The number of allylic oxidation sites excluding steroid dienone is 3. The molecule has 4 rings (SSSR count). The summed E-state index contributed by atoms with van der Waals surface area (Å²) in [6.45, 7) is 3.67. The molecule has 1 aromatic carbocycles. The van der Waals surface area contributed by atoms with Crippen molar-refractivity contribution in [1.82, 2.24) is 3.97 Å². The highest BCUT2D eigenvalue weighted by molar-refractivity contribution is 7.91. The Morgan fingerprint density at radius 3 is 2.82 bits per heavy atom. The molecule has 0 N–H and O–H groups in total. The van der Waals surface area contributed by atoms with Gasteiger partial charge < -0.3 is 4.74 Å². The highest BCUT2D eigenvalue weighted by Crippen LogP contribution is 2.51. The lowest BCUT2D eigenvalue weighted by atomic mass is 10.0. The topological polar surface area (TPSA) is 65.4 Å². The maximum atomic E-state index is 14.7. The predicted octanol–water partition coefficient (Wildman–Crippen LogP) is 3.90. The molecule has 0 amide bonds. The second-order valence-corrected chi connectivity index (χ2v) is 9.80. The van der Waals surface area contributed by atoms with Crippen molar-refractivity contribution in [3.63, 3.8) is 0 Å². The number of para-hydroxylation sites is 1. The number of benzene rings is 1. The van der Waals surface area contributed by atoms with Gasteiger partial charge in [0.2, 0.25) is 10.0 Å². The molecule has 1 saturated carbocycles. The summed E-state index contributed by atoms with van der Waals surface area (Å²) in [4.78, 5) is 12.1. The van der Waals surface area contributed by atoms with Crippen LogP contribution in [-0.2, 0) is 19.6 Å². The SMILES string of the molecule is CCOC(=O)[C@@H]1C[C@H]1c1cn(S(=O)(=O)C2(C)C=CC=CC2)c2c(F)cccc12. The van der Waals surface area contributed by atoms with Crippen LogP contribution >= 0.6 is 0 Å². The van der Waals surface area contributed by atoms with E-state index in [-0.39, 0.29) is 23.3 Å². The Labute approximate surface area is 163 Å². The van der Waals surface area contributed by atoms with Gasteiger partial charge >= 0.3 is 5.97 Å². The number of hydrogen-bond acceptors (Lipinski definition) is 4. The summed E-state index contributed by atoms with van der Waals surface area (Å²) < 4.78 is 46.7. The maximum Gasteiger partial charge on any atom is 0.309 e. The summed E-state index contributed by atoms with van der Waals surface area (Å²) in [6.07, 6.45) is 9.29. The van der Waals surface area contributed by atoms with Gasteiger partial charge in [0.15, 0.2) is 0 Å². The van der Waals surface area contributed by atoms with Gasteiger partial charge in [-0.1, -0.05) is 36.4 Å². The number of carbonyl (C=O) groups is 1. The van der Waals surface area contributed by atoms with Crippen LogP contribution in [0.3, 0.4) is 0 Å². The molecule has 0 spiro atoms. The third-order valence-corrected chi connectivity index (χ3v) is 7.91. The molecule has 1 heterocycles. The molecule has 3 atom stereocenters. The van der Waals surface area contributed by atoms with Crippen molar-refractivity contribution in [1.29, 1.82) is 0 Å². The number of hydrogen-bond donors (Lipinski definition) is 0. The summed E-state index contributed by atoms with van der Waals surface area (Å²) in [5.41, 5.74) is 0.714. The van der Waals surface area contributed by atoms with Crippen LogP contribution in [0.4, 0.5) is 4.39 Å². The van der Waals surface area contributed by atoms with Crippen molar-refractivity contribution in [3.05, 3.63) is 60.1 Å². The highest BCUT2D eigenvalue weighted by Gasteiger charge is 2.48. The Balaban J connectivity index is 1.84. The first-order valence-electron chi connectivity index (χ1n) is 9.36. The minimum absolute atomic E-state index is 0.0381. The molecule has 5 nitrogen and oxygen atoms in total. The smallest absolute Gasteiger partial charge is 0.309 e. The van der Waals surface area contributed by atoms with E-state index in [9.17, 15) is 17.6 Å². The average Bonchev–Trinajstić information content (AvgIpc) is 3.35. The molecule has 0 bridgehead atoms. The van der Waals surface area contributed by atoms with Crippen LogP contribution in [0.2, 0.25) is 0 Å². The quantitative estimate of drug-likeness (QED) is 0.711. The third-order valence-electron chi connectivity index (χ3n) is 5.62. The van der Waals surface area contributed by atoms with Gasteiger partial charge in [-0.05, 0) is 38.3 Å². The summed E-state index contributed by atoms with van der Waals surface area (Å²) in [5, 5.41) is 0.527. The molecular weight excluding hydrogens is 381 g/mol. The Morgan fingerprint density at radius 1 is 1.36 bits per heavy atom. The van der Waals surface area contributed by atoms with Crippen LogP contribution in [0.15, 0.2) is 48.7 Å². The predicted molar refractivity (Wildman–Crippen MR) is 105 cm³/mol. The Bertz CT molecular complexity index is 1110. The van der Waals surface area contributed by atoms with Gasteiger partial charge in [-0.15, -0.1) is 0 Å². The van der Waals surface area contributed by atoms with Crippen LogP contribution in [-0.4, -0.2) is 29.7 Å². The fraction of sp³-hybridized carbons (Fsp3) is 0.381. The normalized spacial score (nSPS) is 26.5. The number of esters is 1. The van der Waals surface area contributed by atoms with Crippen molar-refractivity contribution in [2.45, 2.75) is 37.4 Å². The zero-order valence-corrected chi connectivity index (χ0v) is 16.6. The monoisotopic (exact) mass is 403 g/mol. The number of fused-ring (bicyclic) bond motifs is 1. The Hall–Kier alpha value is -2.41. The number of aromatic nitrogens is 1. The lowest BCUT2D eigenvalue weighted by Crippen LogP contribution is -2.37. The molecule has 2 aromatic rings. The van der Waals surface area contributed by atoms with Gasteiger partial charge in [-0.2, -0.15) is 0 Å². The summed E-state index contributed by atoms with van der Waals surface area (Å²) in [6, 6.07) is 4.52. The number of ether oxygens (including phenoxy) is 1. The van der Waals surface area contributed by atoms with Crippen LogP contribution in [0.1, 0.15) is 38.2 Å². The van der Waals surface area contributed by atoms with E-state index in [0.29, 0.717) is 30.4 Å². The van der Waals surface area contributed by atoms with E-state index < -0.39 is 20.6 Å². The first-order chi connectivity index (χ1) is 13.3. The van der Waals surface area contributed by atoms with Crippen molar-refractivity contribution < 1.29 is 22.3 Å². The average molecular weight is 403 g/mol. The van der Waals surface area contributed by atoms with Crippen molar-refractivity contribution in [2.24, 2.45) is 5.92 Å². The molecule has 2 aliphatic rings. The third kappa shape index (κ3) is 2.80. The van der Waals surface area contributed by atoms with Crippen molar-refractivity contribution in [3.8, 4) is 0 Å². The van der Waals surface area contributed by atoms with Crippen molar-refractivity contribution in [2.75, 3.05) is 6.61 Å². The number of rotatable bonds is 5. The van der Waals surface area contributed by atoms with Gasteiger partial charge in [0.1, 0.15) is 10.6 Å². The molecule has 7 heteroatoms.